The number of nitrogens with zero attached hydrogens (tertiary/aromatic N) is 3. The zero-order valence-corrected chi connectivity index (χ0v) is 11.1. The fraction of sp³-hybridized carbons (Fsp3) is 0.846. The maximum atomic E-state index is 10.7. The Bertz CT molecular complexity index is 374. The maximum absolute atomic E-state index is 10.7. The average Bonchev–Trinajstić information content (AvgIpc) is 2.64. The van der Waals surface area contributed by atoms with Gasteiger partial charge in [-0.15, -0.1) is 0 Å². The molecule has 1 aromatic rings. The van der Waals surface area contributed by atoms with Crippen LogP contribution in [-0.2, 0) is 13.5 Å². The van der Waals surface area contributed by atoms with E-state index in [4.69, 9.17) is 0 Å². The van der Waals surface area contributed by atoms with Crippen molar-refractivity contribution in [1.29, 1.82) is 0 Å². The van der Waals surface area contributed by atoms with Crippen LogP contribution >= 0.6 is 0 Å². The van der Waals surface area contributed by atoms with E-state index in [1.165, 1.54) is 6.42 Å². The predicted molar refractivity (Wildman–Crippen MR) is 66.5 cm³/mol. The lowest BCUT2D eigenvalue weighted by atomic mass is 9.72. The first-order valence-electron chi connectivity index (χ1n) is 6.55. The third-order valence-electron chi connectivity index (χ3n) is 4.09. The van der Waals surface area contributed by atoms with Gasteiger partial charge < -0.3 is 5.11 Å². The van der Waals surface area contributed by atoms with Crippen LogP contribution in [-0.4, -0.2) is 25.5 Å². The zero-order chi connectivity index (χ0) is 12.5. The van der Waals surface area contributed by atoms with E-state index in [1.807, 2.05) is 7.05 Å². The Balaban J connectivity index is 2.06. The van der Waals surface area contributed by atoms with Crippen molar-refractivity contribution in [3.8, 4) is 0 Å². The lowest BCUT2D eigenvalue weighted by molar-refractivity contribution is -0.0260. The van der Waals surface area contributed by atoms with Gasteiger partial charge in [0.1, 0.15) is 12.2 Å². The number of rotatable bonds is 3. The van der Waals surface area contributed by atoms with Crippen LogP contribution in [0.4, 0.5) is 0 Å². The van der Waals surface area contributed by atoms with Gasteiger partial charge in [-0.25, -0.2) is 4.98 Å². The van der Waals surface area contributed by atoms with Crippen LogP contribution in [0, 0.1) is 11.8 Å². The average molecular weight is 237 g/mol. The van der Waals surface area contributed by atoms with Crippen LogP contribution in [0.1, 0.15) is 45.4 Å². The Morgan fingerprint density at radius 2 is 2.35 bits per heavy atom. The quantitative estimate of drug-likeness (QED) is 0.874. The minimum atomic E-state index is -0.575. The Morgan fingerprint density at radius 3 is 2.94 bits per heavy atom. The summed E-state index contributed by atoms with van der Waals surface area (Å²) in [5.41, 5.74) is -0.575. The molecular formula is C13H23N3O. The van der Waals surface area contributed by atoms with E-state index < -0.39 is 5.60 Å². The maximum Gasteiger partial charge on any atom is 0.138 e. The lowest BCUT2D eigenvalue weighted by Crippen LogP contribution is -2.39. The molecule has 0 radical (unpaired) electrons. The van der Waals surface area contributed by atoms with Gasteiger partial charge in [-0.1, -0.05) is 20.3 Å². The minimum absolute atomic E-state index is 0.575. The molecule has 0 amide bonds. The topological polar surface area (TPSA) is 50.9 Å². The van der Waals surface area contributed by atoms with Crippen molar-refractivity contribution in [2.75, 3.05) is 0 Å². The number of hydrogen-bond donors (Lipinski definition) is 1. The first-order chi connectivity index (χ1) is 8.00. The number of aryl methyl sites for hydroxylation is 1. The van der Waals surface area contributed by atoms with Crippen molar-refractivity contribution in [1.82, 2.24) is 14.8 Å². The first kappa shape index (κ1) is 12.6. The fourth-order valence-electron chi connectivity index (χ4n) is 2.89. The highest BCUT2D eigenvalue weighted by molar-refractivity contribution is 4.97. The molecule has 1 N–H and O–H groups in total. The number of hydrogen-bond acceptors (Lipinski definition) is 3. The van der Waals surface area contributed by atoms with Crippen molar-refractivity contribution in [3.05, 3.63) is 12.2 Å². The summed E-state index contributed by atoms with van der Waals surface area (Å²) in [6, 6.07) is 0. The van der Waals surface area contributed by atoms with Crippen molar-refractivity contribution < 1.29 is 5.11 Å². The SMILES string of the molecule is CC(C)C1CCCC(O)(Cc2ncnn2C)C1. The summed E-state index contributed by atoms with van der Waals surface area (Å²) in [4.78, 5) is 4.22. The molecule has 1 aliphatic rings. The smallest absolute Gasteiger partial charge is 0.138 e. The molecule has 0 saturated heterocycles. The standard InChI is InChI=1S/C13H23N3O/c1-10(2)11-5-4-6-13(17,7-11)8-12-14-9-15-16(12)3/h9-11,17H,4-8H2,1-3H3. The van der Waals surface area contributed by atoms with E-state index >= 15 is 0 Å². The second-order valence-electron chi connectivity index (χ2n) is 5.80. The molecule has 1 aromatic heterocycles. The molecule has 17 heavy (non-hydrogen) atoms. The highest BCUT2D eigenvalue weighted by Gasteiger charge is 2.36. The van der Waals surface area contributed by atoms with E-state index in [0.717, 1.165) is 25.1 Å². The molecule has 2 rings (SSSR count). The summed E-state index contributed by atoms with van der Waals surface area (Å²) in [5.74, 6) is 2.18. The van der Waals surface area contributed by atoms with Crippen LogP contribution in [0.5, 0.6) is 0 Å². The Hall–Kier alpha value is -0.900. The summed E-state index contributed by atoms with van der Waals surface area (Å²) in [6.45, 7) is 4.50. The van der Waals surface area contributed by atoms with Gasteiger partial charge in [-0.3, -0.25) is 4.68 Å². The van der Waals surface area contributed by atoms with Crippen molar-refractivity contribution in [2.24, 2.45) is 18.9 Å². The summed E-state index contributed by atoms with van der Waals surface area (Å²) in [5, 5.41) is 14.8. The van der Waals surface area contributed by atoms with Crippen LogP contribution in [0.15, 0.2) is 6.33 Å². The van der Waals surface area contributed by atoms with Crippen molar-refractivity contribution >= 4 is 0 Å². The highest BCUT2D eigenvalue weighted by atomic mass is 16.3. The van der Waals surface area contributed by atoms with E-state index in [2.05, 4.69) is 23.9 Å². The predicted octanol–water partition coefficient (Wildman–Crippen LogP) is 1.93. The number of aromatic nitrogens is 3. The molecule has 0 aromatic carbocycles. The molecule has 1 aliphatic carbocycles. The third kappa shape index (κ3) is 2.86. The molecule has 1 heterocycles. The molecule has 4 heteroatoms. The normalized spacial score (nSPS) is 29.8. The number of aliphatic hydroxyl groups is 1. The van der Waals surface area contributed by atoms with Gasteiger partial charge in [0.25, 0.3) is 0 Å². The zero-order valence-electron chi connectivity index (χ0n) is 11.1. The van der Waals surface area contributed by atoms with Gasteiger partial charge in [-0.05, 0) is 31.1 Å². The minimum Gasteiger partial charge on any atom is -0.389 e. The van der Waals surface area contributed by atoms with Gasteiger partial charge in [0.2, 0.25) is 0 Å². The van der Waals surface area contributed by atoms with Crippen LogP contribution in [0.2, 0.25) is 0 Å². The Labute approximate surface area is 103 Å². The molecule has 2 unspecified atom stereocenters. The van der Waals surface area contributed by atoms with Crippen molar-refractivity contribution in [3.63, 3.8) is 0 Å². The second kappa shape index (κ2) is 4.77. The van der Waals surface area contributed by atoms with Gasteiger partial charge in [0.15, 0.2) is 0 Å². The summed E-state index contributed by atoms with van der Waals surface area (Å²) in [6.07, 6.45) is 6.35. The Morgan fingerprint density at radius 1 is 1.59 bits per heavy atom. The van der Waals surface area contributed by atoms with Gasteiger partial charge >= 0.3 is 0 Å². The van der Waals surface area contributed by atoms with Crippen LogP contribution in [0.25, 0.3) is 0 Å². The molecule has 4 nitrogen and oxygen atoms in total. The summed E-state index contributed by atoms with van der Waals surface area (Å²) in [7, 11) is 1.88. The van der Waals surface area contributed by atoms with Crippen molar-refractivity contribution in [2.45, 2.75) is 51.6 Å². The molecular weight excluding hydrogens is 214 g/mol. The highest BCUT2D eigenvalue weighted by Crippen LogP contribution is 2.37. The van der Waals surface area contributed by atoms with E-state index in [9.17, 15) is 5.11 Å². The third-order valence-corrected chi connectivity index (χ3v) is 4.09. The Kier molecular flexibility index (Phi) is 3.52. The largest absolute Gasteiger partial charge is 0.389 e. The van der Waals surface area contributed by atoms with E-state index in [0.29, 0.717) is 18.3 Å². The van der Waals surface area contributed by atoms with Gasteiger partial charge in [0, 0.05) is 13.5 Å². The molecule has 0 aliphatic heterocycles. The summed E-state index contributed by atoms with van der Waals surface area (Å²) < 4.78 is 1.76. The molecule has 0 bridgehead atoms. The van der Waals surface area contributed by atoms with Crippen LogP contribution in [0.3, 0.4) is 0 Å². The van der Waals surface area contributed by atoms with Gasteiger partial charge in [-0.2, -0.15) is 5.10 Å². The van der Waals surface area contributed by atoms with E-state index in [-0.39, 0.29) is 0 Å². The van der Waals surface area contributed by atoms with E-state index in [1.54, 1.807) is 11.0 Å². The lowest BCUT2D eigenvalue weighted by Gasteiger charge is -2.38. The molecule has 1 fully saturated rings. The molecule has 96 valence electrons. The second-order valence-corrected chi connectivity index (χ2v) is 5.80. The molecule has 2 atom stereocenters. The fourth-order valence-corrected chi connectivity index (χ4v) is 2.89. The molecule has 0 spiro atoms. The summed E-state index contributed by atoms with van der Waals surface area (Å²) >= 11 is 0. The molecule has 1 saturated carbocycles. The monoisotopic (exact) mass is 237 g/mol. The van der Waals surface area contributed by atoms with Crippen LogP contribution < -0.4 is 0 Å². The first-order valence-corrected chi connectivity index (χ1v) is 6.55. The van der Waals surface area contributed by atoms with Gasteiger partial charge in [0.05, 0.1) is 5.60 Å².